The molecule has 2 unspecified atom stereocenters. The minimum absolute atomic E-state index is 0.0196. The molecule has 0 bridgehead atoms. The molecule has 15 aromatic carbocycles. The van der Waals surface area contributed by atoms with Crippen molar-refractivity contribution in [1.82, 2.24) is 29.6 Å². The molecule has 0 aliphatic carbocycles. The number of rotatable bonds is 28. The molecule has 2 aliphatic heterocycles. The van der Waals surface area contributed by atoms with Crippen LogP contribution in [0.25, 0.3) is 64.9 Å². The number of nitrogens with zero attached hydrogens (tertiary/aromatic N) is 4. The van der Waals surface area contributed by atoms with Crippen LogP contribution in [0, 0.1) is 0 Å². The second-order valence-corrected chi connectivity index (χ2v) is 34.5. The summed E-state index contributed by atoms with van der Waals surface area (Å²) in [6, 6.07) is 92.8. The van der Waals surface area contributed by atoms with E-state index in [9.17, 15) is 0 Å². The number of benzene rings is 15. The van der Waals surface area contributed by atoms with Crippen molar-refractivity contribution < 1.29 is 47.7 Å². The molecule has 17 aromatic rings. The predicted molar refractivity (Wildman–Crippen MR) is 497 cm³/mol. The van der Waals surface area contributed by atoms with Gasteiger partial charge in [-0.25, -0.2) is 0 Å². The van der Waals surface area contributed by atoms with E-state index in [-0.39, 0.29) is 119 Å². The minimum Gasteiger partial charge on any atom is -0.457 e. The lowest BCUT2D eigenvalue weighted by molar-refractivity contribution is -0.137. The van der Waals surface area contributed by atoms with Crippen LogP contribution in [0.1, 0.15) is 176 Å². The second kappa shape index (κ2) is 33.7. The summed E-state index contributed by atoms with van der Waals surface area (Å²) in [6.07, 6.45) is -0.248. The van der Waals surface area contributed by atoms with Crippen molar-refractivity contribution in [2.75, 3.05) is 0 Å². The highest BCUT2D eigenvalue weighted by Gasteiger charge is 2.48. The summed E-state index contributed by atoms with van der Waals surface area (Å²) in [5, 5.41) is 3.96. The molecule has 0 saturated heterocycles. The molecule has 16 nitrogen and oxygen atoms in total. The van der Waals surface area contributed by atoms with Crippen molar-refractivity contribution in [1.29, 1.82) is 0 Å². The summed E-state index contributed by atoms with van der Waals surface area (Å²) in [6.45, 7) is 17.4. The number of imide groups is 2. The Hall–Kier alpha value is -14.9. The van der Waals surface area contributed by atoms with Crippen molar-refractivity contribution in [3.05, 3.63) is 381 Å². The molecule has 19 rings (SSSR count). The summed E-state index contributed by atoms with van der Waals surface area (Å²) in [5.74, 6) is -1.70. The van der Waals surface area contributed by atoms with Gasteiger partial charge in [-0.3, -0.25) is 38.6 Å². The van der Waals surface area contributed by atoms with E-state index >= 15 is 28.8 Å². The van der Waals surface area contributed by atoms with Crippen LogP contribution in [0.15, 0.2) is 303 Å². The predicted octanol–water partition coefficient (Wildman–Crippen LogP) is 25.2. The summed E-state index contributed by atoms with van der Waals surface area (Å²) in [4.78, 5) is 116. The first-order valence-electron chi connectivity index (χ1n) is 43.3. The third-order valence-corrected chi connectivity index (χ3v) is 24.7. The third kappa shape index (κ3) is 15.5. The Balaban J connectivity index is 0.920. The zero-order valence-corrected chi connectivity index (χ0v) is 71.4. The molecule has 0 saturated carbocycles. The molecular weight excluding hydrogens is 1570 g/mol. The fourth-order valence-electron chi connectivity index (χ4n) is 18.2. The normalized spacial score (nSPS) is 13.3. The van der Waals surface area contributed by atoms with Crippen LogP contribution in [0.3, 0.4) is 0 Å². The Bertz CT molecular complexity index is 6240. The molecule has 0 radical (unpaired) electrons. The topological polar surface area (TPSA) is 184 Å². The van der Waals surface area contributed by atoms with Crippen LogP contribution in [-0.4, -0.2) is 77.1 Å². The molecule has 2 aliphatic rings. The maximum absolute atomic E-state index is 17.4. The standard InChI is InChI=1S/C110H94N6O10/c1-65(2)73-37-45-81(46-38-73)123-93-57-85-97-86(106(118)115(105(85)117)91(55-79-53-77-33-21-23-35-89(77)111-79)109(121)113(61-69-25-13-9-14-26-69)62-70-27-15-10-16-28-70)59-95(125-83-49-41-75(42-50-83)67(5)6)101-102-96(126-84-51-43-76(44-52-84)68(7)8)60-88-98-87(58-94(100(104(98)102)99(93)103(97)101)124-82-47-39-74(40-48-82)66(3)4)107(119)116(108(88)120)92(56-80-54-78-34-22-24-36-90(78)112-80)110(122)114(63-71-29-17-11-18-30-71)64-72-31-19-12-20-32-72/h9-54,57-60,65-68,91-92,111-112H,55-56,61-64H2,1-8H3. The maximum atomic E-state index is 17.4. The number of hydrogen-bond acceptors (Lipinski definition) is 10. The largest absolute Gasteiger partial charge is 0.457 e. The lowest BCUT2D eigenvalue weighted by Crippen LogP contribution is -2.55. The van der Waals surface area contributed by atoms with Crippen LogP contribution in [-0.2, 0) is 48.6 Å². The molecule has 2 N–H and O–H groups in total. The Kier molecular flexibility index (Phi) is 21.6. The SMILES string of the molecule is CC(C)c1ccc(Oc2cc3c4c(cc(Oc5ccc(C(C)C)cc5)c5c6c(Oc7ccc(C(C)C)cc7)cc7c8c(cc(Oc9ccc(C(C)C)cc9)c(c2c45)c86)C(=O)N(C(Cc2cc4ccccc4[nH]2)C(=O)N(Cc2ccccc2)Cc2ccccc2)C7=O)C(=O)N(C(Cc2cc4ccccc4[nH]2)C(=O)N(Cc2ccccc2)Cc2ccccc2)C3=O)cc1. The maximum Gasteiger partial charge on any atom is 0.262 e. The highest BCUT2D eigenvalue weighted by molar-refractivity contribution is 6.45. The molecule has 4 heterocycles. The monoisotopic (exact) mass is 1660 g/mol. The number of aromatic nitrogens is 2. The lowest BCUT2D eigenvalue weighted by Gasteiger charge is -2.37. The fraction of sp³-hybridized carbons (Fsp3) is 0.182. The molecular formula is C110H94N6O10. The first-order valence-corrected chi connectivity index (χ1v) is 43.3. The zero-order valence-electron chi connectivity index (χ0n) is 71.4. The zero-order chi connectivity index (χ0) is 86.7. The Morgan fingerprint density at radius 1 is 0.286 bits per heavy atom. The van der Waals surface area contributed by atoms with Crippen molar-refractivity contribution in [3.8, 4) is 46.0 Å². The van der Waals surface area contributed by atoms with E-state index in [0.29, 0.717) is 66.7 Å². The number of aromatic amines is 2. The van der Waals surface area contributed by atoms with E-state index < -0.39 is 47.5 Å². The van der Waals surface area contributed by atoms with Gasteiger partial charge in [-0.2, -0.15) is 0 Å². The quantitative estimate of drug-likeness (QED) is 0.0272. The molecule has 16 heteroatoms. The smallest absolute Gasteiger partial charge is 0.262 e. The van der Waals surface area contributed by atoms with Crippen LogP contribution < -0.4 is 18.9 Å². The molecule has 2 aromatic heterocycles. The summed E-state index contributed by atoms with van der Waals surface area (Å²) < 4.78 is 30.2. The van der Waals surface area contributed by atoms with Crippen LogP contribution in [0.4, 0.5) is 0 Å². The number of carbonyl (C=O) groups is 6. The van der Waals surface area contributed by atoms with Crippen molar-refractivity contribution in [2.45, 2.75) is 130 Å². The first-order chi connectivity index (χ1) is 61.2. The van der Waals surface area contributed by atoms with Crippen molar-refractivity contribution in [2.24, 2.45) is 0 Å². The number of para-hydroxylation sites is 2. The van der Waals surface area contributed by atoms with E-state index in [1.165, 1.54) is 0 Å². The lowest BCUT2D eigenvalue weighted by atomic mass is 9.80. The fourth-order valence-corrected chi connectivity index (χ4v) is 18.2. The van der Waals surface area contributed by atoms with Gasteiger partial charge in [0.2, 0.25) is 11.8 Å². The van der Waals surface area contributed by atoms with Gasteiger partial charge in [-0.1, -0.05) is 262 Å². The molecule has 2 atom stereocenters. The molecule has 0 spiro atoms. The van der Waals surface area contributed by atoms with Crippen LogP contribution in [0.2, 0.25) is 0 Å². The summed E-state index contributed by atoms with van der Waals surface area (Å²) in [7, 11) is 0. The van der Waals surface area contributed by atoms with E-state index in [1.807, 2.05) is 279 Å². The number of carbonyl (C=O) groups excluding carboxylic acids is 6. The first kappa shape index (κ1) is 80.8. The second-order valence-electron chi connectivity index (χ2n) is 34.5. The van der Waals surface area contributed by atoms with Gasteiger partial charge in [0.25, 0.3) is 23.6 Å². The van der Waals surface area contributed by atoms with Gasteiger partial charge in [-0.05, 0) is 176 Å². The van der Waals surface area contributed by atoms with E-state index in [0.717, 1.165) is 76.1 Å². The van der Waals surface area contributed by atoms with Crippen LogP contribution in [0.5, 0.6) is 46.0 Å². The summed E-state index contributed by atoms with van der Waals surface area (Å²) >= 11 is 0. The average Bonchev–Trinajstić information content (AvgIpc) is 0.855. The van der Waals surface area contributed by atoms with Gasteiger partial charge < -0.3 is 38.7 Å². The van der Waals surface area contributed by atoms with Gasteiger partial charge >= 0.3 is 0 Å². The number of hydrogen-bond donors (Lipinski definition) is 2. The third-order valence-electron chi connectivity index (χ3n) is 24.7. The average molecular weight is 1660 g/mol. The highest BCUT2D eigenvalue weighted by atomic mass is 16.5. The van der Waals surface area contributed by atoms with Gasteiger partial charge in [-0.15, -0.1) is 0 Å². The molecule has 624 valence electrons. The Labute approximate surface area is 730 Å². The summed E-state index contributed by atoms with van der Waals surface area (Å²) in [5.41, 5.74) is 10.3. The molecule has 6 amide bonds. The minimum atomic E-state index is -1.49. The van der Waals surface area contributed by atoms with Crippen molar-refractivity contribution >= 4 is 100 Å². The Morgan fingerprint density at radius 3 is 0.762 bits per heavy atom. The van der Waals surface area contributed by atoms with Crippen molar-refractivity contribution in [3.63, 3.8) is 0 Å². The highest BCUT2D eigenvalue weighted by Crippen LogP contribution is 2.59. The number of nitrogens with one attached hydrogen (secondary N) is 2. The van der Waals surface area contributed by atoms with E-state index in [4.69, 9.17) is 18.9 Å². The van der Waals surface area contributed by atoms with Gasteiger partial charge in [0.15, 0.2) is 0 Å². The van der Waals surface area contributed by atoms with E-state index in [1.54, 1.807) is 34.1 Å². The van der Waals surface area contributed by atoms with Crippen LogP contribution >= 0.6 is 0 Å². The number of ether oxygens (including phenoxy) is 4. The number of fused-ring (bicyclic) bond motifs is 4. The molecule has 126 heavy (non-hydrogen) atoms. The Morgan fingerprint density at radius 2 is 0.524 bits per heavy atom. The van der Waals surface area contributed by atoms with Gasteiger partial charge in [0.05, 0.1) is 22.3 Å². The van der Waals surface area contributed by atoms with Gasteiger partial charge in [0.1, 0.15) is 58.1 Å². The van der Waals surface area contributed by atoms with Gasteiger partial charge in [0, 0.05) is 105 Å². The number of amides is 6. The number of H-pyrrole nitrogens is 2. The molecule has 0 fully saturated rings. The van der Waals surface area contributed by atoms with E-state index in [2.05, 4.69) is 65.4 Å².